The van der Waals surface area contributed by atoms with Crippen molar-refractivity contribution < 1.29 is 8.83 Å². The minimum absolute atomic E-state index is 0.529. The van der Waals surface area contributed by atoms with Gasteiger partial charge in [-0.15, -0.1) is 0 Å². The molecule has 0 spiro atoms. The minimum Gasteiger partial charge on any atom is -0.456 e. The van der Waals surface area contributed by atoms with Crippen molar-refractivity contribution in [3.8, 4) is 56.4 Å². The van der Waals surface area contributed by atoms with E-state index < -0.39 is 0 Å². The summed E-state index contributed by atoms with van der Waals surface area (Å²) in [4.78, 5) is 15.7. The number of benzene rings is 9. The summed E-state index contributed by atoms with van der Waals surface area (Å²) in [6.45, 7) is 0. The smallest absolute Gasteiger partial charge is 0.167 e. The number of rotatable bonds is 5. The first-order valence-electron chi connectivity index (χ1n) is 19.4. The topological polar surface area (TPSA) is 65.0 Å². The van der Waals surface area contributed by atoms with Crippen molar-refractivity contribution in [2.75, 3.05) is 0 Å². The molecule has 0 atom stereocenters. The van der Waals surface area contributed by atoms with Crippen molar-refractivity contribution in [3.05, 3.63) is 188 Å². The van der Waals surface area contributed by atoms with E-state index in [1.54, 1.807) is 0 Å². The van der Waals surface area contributed by atoms with Gasteiger partial charge in [0.1, 0.15) is 22.3 Å². The van der Waals surface area contributed by atoms with E-state index in [0.717, 1.165) is 93.2 Å². The highest BCUT2D eigenvalue weighted by atomic mass is 16.3. The Morgan fingerprint density at radius 1 is 0.293 bits per heavy atom. The van der Waals surface area contributed by atoms with Crippen LogP contribution in [-0.2, 0) is 0 Å². The van der Waals surface area contributed by atoms with Gasteiger partial charge in [0.2, 0.25) is 0 Å². The number of hydrogen-bond acceptors (Lipinski definition) is 5. The standard InChI is InChI=1S/C53H31N3O2/c1-3-13-32(14-4-1)34-25-26-36-30-37(28-27-35(36)29-34)51-54-52(42-21-12-24-47-48(42)41-19-9-10-23-46(41)57-47)56-53(55-51)43-22-11-20-40-45-31-44(33-15-5-2-6-16-33)38-17-7-8-18-39(38)50(45)58-49(40)43/h1-31H. The molecule has 12 rings (SSSR count). The van der Waals surface area contributed by atoms with Crippen LogP contribution in [0.25, 0.3) is 122 Å². The molecule has 0 bridgehead atoms. The van der Waals surface area contributed by atoms with Crippen LogP contribution in [0.3, 0.4) is 0 Å². The van der Waals surface area contributed by atoms with E-state index in [9.17, 15) is 0 Å². The maximum Gasteiger partial charge on any atom is 0.167 e. The molecule has 0 amide bonds. The number of para-hydroxylation sites is 2. The summed E-state index contributed by atoms with van der Waals surface area (Å²) < 4.78 is 13.3. The van der Waals surface area contributed by atoms with Gasteiger partial charge in [0.15, 0.2) is 17.5 Å². The van der Waals surface area contributed by atoms with Crippen molar-refractivity contribution in [1.82, 2.24) is 15.0 Å². The predicted octanol–water partition coefficient (Wildman–Crippen LogP) is 14.3. The second kappa shape index (κ2) is 12.8. The number of nitrogens with zero attached hydrogens (tertiary/aromatic N) is 3. The number of aromatic nitrogens is 3. The Morgan fingerprint density at radius 3 is 1.67 bits per heavy atom. The summed E-state index contributed by atoms with van der Waals surface area (Å²) in [5.41, 5.74) is 10.4. The summed E-state index contributed by atoms with van der Waals surface area (Å²) in [6.07, 6.45) is 0. The van der Waals surface area contributed by atoms with Crippen LogP contribution in [0, 0.1) is 0 Å². The van der Waals surface area contributed by atoms with E-state index in [2.05, 4.69) is 146 Å². The fraction of sp³-hybridized carbons (Fsp3) is 0. The molecule has 0 saturated carbocycles. The fourth-order valence-electron chi connectivity index (χ4n) is 8.55. The monoisotopic (exact) mass is 741 g/mol. The predicted molar refractivity (Wildman–Crippen MR) is 237 cm³/mol. The van der Waals surface area contributed by atoms with Gasteiger partial charge in [-0.25, -0.2) is 15.0 Å². The summed E-state index contributed by atoms with van der Waals surface area (Å²) in [6, 6.07) is 65.2. The first-order chi connectivity index (χ1) is 28.7. The van der Waals surface area contributed by atoms with E-state index in [0.29, 0.717) is 17.5 Å². The highest BCUT2D eigenvalue weighted by molar-refractivity contribution is 6.20. The Hall–Kier alpha value is -7.89. The van der Waals surface area contributed by atoms with Gasteiger partial charge < -0.3 is 8.83 Å². The Kier molecular flexibility index (Phi) is 7.16. The van der Waals surface area contributed by atoms with E-state index in [-0.39, 0.29) is 0 Å². The van der Waals surface area contributed by atoms with E-state index >= 15 is 0 Å². The molecule has 58 heavy (non-hydrogen) atoms. The molecule has 0 aliphatic carbocycles. The molecule has 0 aliphatic rings. The van der Waals surface area contributed by atoms with Crippen LogP contribution >= 0.6 is 0 Å². The maximum absolute atomic E-state index is 6.94. The van der Waals surface area contributed by atoms with Gasteiger partial charge in [-0.2, -0.15) is 0 Å². The van der Waals surface area contributed by atoms with E-state index in [4.69, 9.17) is 23.8 Å². The summed E-state index contributed by atoms with van der Waals surface area (Å²) in [7, 11) is 0. The van der Waals surface area contributed by atoms with Gasteiger partial charge in [-0.3, -0.25) is 0 Å². The Morgan fingerprint density at radius 2 is 0.862 bits per heavy atom. The SMILES string of the molecule is c1ccc(-c2ccc3cc(-c4nc(-c5cccc6c5oc5c7ccccc7c(-c7ccccc7)cc65)nc(-c5cccc6oc7ccccc7c56)n4)ccc3c2)cc1. The first kappa shape index (κ1) is 32.4. The first-order valence-corrected chi connectivity index (χ1v) is 19.4. The second-order valence-corrected chi connectivity index (χ2v) is 14.7. The van der Waals surface area contributed by atoms with Crippen LogP contribution in [-0.4, -0.2) is 15.0 Å². The molecule has 3 heterocycles. The molecule has 0 N–H and O–H groups in total. The van der Waals surface area contributed by atoms with Crippen molar-refractivity contribution >= 4 is 65.4 Å². The van der Waals surface area contributed by atoms with Gasteiger partial charge in [0, 0.05) is 38.1 Å². The lowest BCUT2D eigenvalue weighted by molar-refractivity contribution is 0.669. The molecular formula is C53H31N3O2. The molecule has 9 aromatic carbocycles. The lowest BCUT2D eigenvalue weighted by Gasteiger charge is -2.10. The average Bonchev–Trinajstić information content (AvgIpc) is 3.88. The maximum atomic E-state index is 6.94. The van der Waals surface area contributed by atoms with Gasteiger partial charge in [-0.1, -0.05) is 152 Å². The second-order valence-electron chi connectivity index (χ2n) is 14.7. The molecule has 270 valence electrons. The summed E-state index contributed by atoms with van der Waals surface area (Å²) >= 11 is 0. The fourth-order valence-corrected chi connectivity index (χ4v) is 8.55. The molecule has 0 unspecified atom stereocenters. The van der Waals surface area contributed by atoms with E-state index in [1.165, 1.54) is 11.1 Å². The third-order valence-corrected chi connectivity index (χ3v) is 11.3. The molecule has 12 aromatic rings. The lowest BCUT2D eigenvalue weighted by Crippen LogP contribution is -2.00. The summed E-state index contributed by atoms with van der Waals surface area (Å²) in [5.74, 6) is 1.66. The summed E-state index contributed by atoms with van der Waals surface area (Å²) in [5, 5.41) is 8.46. The number of furan rings is 2. The molecule has 3 aromatic heterocycles. The van der Waals surface area contributed by atoms with Gasteiger partial charge >= 0.3 is 0 Å². The van der Waals surface area contributed by atoms with Crippen LogP contribution < -0.4 is 0 Å². The molecule has 0 fully saturated rings. The normalized spacial score (nSPS) is 11.8. The zero-order valence-corrected chi connectivity index (χ0v) is 31.1. The number of fused-ring (bicyclic) bond motifs is 9. The molecule has 0 saturated heterocycles. The van der Waals surface area contributed by atoms with Crippen molar-refractivity contribution in [2.24, 2.45) is 0 Å². The van der Waals surface area contributed by atoms with Gasteiger partial charge in [0.05, 0.1) is 5.56 Å². The van der Waals surface area contributed by atoms with Crippen LogP contribution in [0.5, 0.6) is 0 Å². The molecule has 5 nitrogen and oxygen atoms in total. The van der Waals surface area contributed by atoms with Crippen molar-refractivity contribution in [3.63, 3.8) is 0 Å². The van der Waals surface area contributed by atoms with Gasteiger partial charge in [0.25, 0.3) is 0 Å². The third-order valence-electron chi connectivity index (χ3n) is 11.3. The van der Waals surface area contributed by atoms with Gasteiger partial charge in [-0.05, 0) is 74.8 Å². The Labute approximate surface area is 332 Å². The quantitative estimate of drug-likeness (QED) is 0.176. The molecule has 5 heteroatoms. The van der Waals surface area contributed by atoms with Crippen LogP contribution in [0.1, 0.15) is 0 Å². The molecule has 0 radical (unpaired) electrons. The Bertz CT molecular complexity index is 3570. The average molecular weight is 742 g/mol. The van der Waals surface area contributed by atoms with Crippen LogP contribution in [0.15, 0.2) is 197 Å². The van der Waals surface area contributed by atoms with Crippen molar-refractivity contribution in [1.29, 1.82) is 0 Å². The highest BCUT2D eigenvalue weighted by Crippen LogP contribution is 2.43. The Balaban J connectivity index is 1.10. The molecular weight excluding hydrogens is 711 g/mol. The van der Waals surface area contributed by atoms with Crippen LogP contribution in [0.4, 0.5) is 0 Å². The van der Waals surface area contributed by atoms with Crippen LogP contribution in [0.2, 0.25) is 0 Å². The molecule has 0 aliphatic heterocycles. The lowest BCUT2D eigenvalue weighted by atomic mass is 9.95. The third kappa shape index (κ3) is 5.14. The van der Waals surface area contributed by atoms with Crippen molar-refractivity contribution in [2.45, 2.75) is 0 Å². The van der Waals surface area contributed by atoms with E-state index in [1.807, 2.05) is 42.5 Å². The highest BCUT2D eigenvalue weighted by Gasteiger charge is 2.22. The minimum atomic E-state index is 0.529. The number of hydrogen-bond donors (Lipinski definition) is 0. The largest absolute Gasteiger partial charge is 0.456 e. The zero-order valence-electron chi connectivity index (χ0n) is 31.1. The zero-order chi connectivity index (χ0) is 38.2.